The Morgan fingerprint density at radius 2 is 1.35 bits per heavy atom. The van der Waals surface area contributed by atoms with Gasteiger partial charge in [0, 0.05) is 32.4 Å². The molecule has 0 aliphatic carbocycles. The maximum atomic E-state index is 13.8. The summed E-state index contributed by atoms with van der Waals surface area (Å²) in [6.45, 7) is 8.71. The zero-order chi connectivity index (χ0) is 23.8. The van der Waals surface area contributed by atoms with Gasteiger partial charge in [-0.3, -0.25) is 9.59 Å². The Bertz CT molecular complexity index is 1250. The second-order valence-electron chi connectivity index (χ2n) is 9.04. The number of benzene rings is 2. The third-order valence-electron chi connectivity index (χ3n) is 6.43. The first kappa shape index (κ1) is 21.9. The summed E-state index contributed by atoms with van der Waals surface area (Å²) in [6, 6.07) is 19.6. The van der Waals surface area contributed by atoms with E-state index in [0.717, 1.165) is 41.2 Å². The number of pyridine rings is 1. The van der Waals surface area contributed by atoms with Crippen molar-refractivity contribution in [3.05, 3.63) is 94.8 Å². The molecular formula is C28H28N4O2. The Morgan fingerprint density at radius 1 is 0.706 bits per heavy atom. The second kappa shape index (κ2) is 8.78. The highest BCUT2D eigenvalue weighted by atomic mass is 16.2. The molecule has 3 aromatic rings. The SMILES string of the molecule is Cc1ccc(C2=C(N3CCN(c4ccccn4)CC3)C(=O)N(c3cc(C)cc(C)c3)C2=O)cc1. The summed E-state index contributed by atoms with van der Waals surface area (Å²) < 4.78 is 0. The number of nitrogens with zero attached hydrogens (tertiary/aromatic N) is 4. The van der Waals surface area contributed by atoms with Crippen molar-refractivity contribution in [2.24, 2.45) is 0 Å². The number of aryl methyl sites for hydroxylation is 3. The van der Waals surface area contributed by atoms with Gasteiger partial charge < -0.3 is 9.80 Å². The summed E-state index contributed by atoms with van der Waals surface area (Å²) >= 11 is 0. The minimum Gasteiger partial charge on any atom is -0.363 e. The minimum atomic E-state index is -0.263. The normalized spacial score (nSPS) is 16.6. The largest absolute Gasteiger partial charge is 0.363 e. The Balaban J connectivity index is 1.52. The summed E-state index contributed by atoms with van der Waals surface area (Å²) in [5, 5.41) is 0. The monoisotopic (exact) mass is 452 g/mol. The molecule has 0 radical (unpaired) electrons. The van der Waals surface area contributed by atoms with Crippen LogP contribution in [0.3, 0.4) is 0 Å². The Labute approximate surface area is 200 Å². The van der Waals surface area contributed by atoms with Crippen molar-refractivity contribution in [3.8, 4) is 0 Å². The molecule has 0 bridgehead atoms. The fourth-order valence-corrected chi connectivity index (χ4v) is 4.81. The summed E-state index contributed by atoms with van der Waals surface area (Å²) in [5.74, 6) is 0.415. The van der Waals surface area contributed by atoms with E-state index in [9.17, 15) is 9.59 Å². The molecule has 2 aliphatic rings. The van der Waals surface area contributed by atoms with Crippen molar-refractivity contribution in [2.45, 2.75) is 20.8 Å². The smallest absolute Gasteiger partial charge is 0.282 e. The van der Waals surface area contributed by atoms with Crippen LogP contribution in [-0.4, -0.2) is 47.9 Å². The van der Waals surface area contributed by atoms with Crippen LogP contribution in [0.5, 0.6) is 0 Å². The van der Waals surface area contributed by atoms with Gasteiger partial charge in [-0.25, -0.2) is 9.88 Å². The maximum Gasteiger partial charge on any atom is 0.282 e. The van der Waals surface area contributed by atoms with Crippen molar-refractivity contribution >= 4 is 28.9 Å². The number of amides is 2. The molecule has 0 atom stereocenters. The molecule has 34 heavy (non-hydrogen) atoms. The van der Waals surface area contributed by atoms with Crippen LogP contribution in [0, 0.1) is 20.8 Å². The fraction of sp³-hybridized carbons (Fsp3) is 0.250. The molecule has 0 N–H and O–H groups in total. The molecule has 2 aromatic carbocycles. The van der Waals surface area contributed by atoms with Gasteiger partial charge in [-0.15, -0.1) is 0 Å². The van der Waals surface area contributed by atoms with Gasteiger partial charge >= 0.3 is 0 Å². The third-order valence-corrected chi connectivity index (χ3v) is 6.43. The van der Waals surface area contributed by atoms with Crippen LogP contribution in [-0.2, 0) is 9.59 Å². The average molecular weight is 453 g/mol. The lowest BCUT2D eigenvalue weighted by atomic mass is 10.0. The Morgan fingerprint density at radius 3 is 1.97 bits per heavy atom. The van der Waals surface area contributed by atoms with Crippen molar-refractivity contribution in [3.63, 3.8) is 0 Å². The topological polar surface area (TPSA) is 56.8 Å². The van der Waals surface area contributed by atoms with E-state index in [4.69, 9.17) is 0 Å². The lowest BCUT2D eigenvalue weighted by Gasteiger charge is -2.37. The van der Waals surface area contributed by atoms with Crippen LogP contribution in [0.1, 0.15) is 22.3 Å². The van der Waals surface area contributed by atoms with Crippen molar-refractivity contribution in [2.75, 3.05) is 36.0 Å². The van der Waals surface area contributed by atoms with Gasteiger partial charge in [0.1, 0.15) is 11.5 Å². The van der Waals surface area contributed by atoms with Crippen molar-refractivity contribution in [1.29, 1.82) is 0 Å². The molecular weight excluding hydrogens is 424 g/mol. The first-order chi connectivity index (χ1) is 16.4. The summed E-state index contributed by atoms with van der Waals surface area (Å²) in [6.07, 6.45) is 1.79. The number of imide groups is 1. The third kappa shape index (κ3) is 3.96. The van der Waals surface area contributed by atoms with E-state index in [1.54, 1.807) is 6.20 Å². The number of rotatable bonds is 4. The molecule has 0 spiro atoms. The van der Waals surface area contributed by atoms with Crippen molar-refractivity contribution in [1.82, 2.24) is 9.88 Å². The number of aromatic nitrogens is 1. The maximum absolute atomic E-state index is 13.8. The Hall–Kier alpha value is -3.93. The van der Waals surface area contributed by atoms with E-state index >= 15 is 0 Å². The molecule has 2 aliphatic heterocycles. The first-order valence-electron chi connectivity index (χ1n) is 11.6. The van der Waals surface area contributed by atoms with Gasteiger partial charge in [0.05, 0.1) is 11.3 Å². The number of hydrogen-bond acceptors (Lipinski definition) is 5. The number of carbonyl (C=O) groups excluding carboxylic acids is 2. The highest BCUT2D eigenvalue weighted by Gasteiger charge is 2.43. The molecule has 0 saturated carbocycles. The molecule has 5 rings (SSSR count). The van der Waals surface area contributed by atoms with Crippen LogP contribution >= 0.6 is 0 Å². The summed E-state index contributed by atoms with van der Waals surface area (Å²) in [5.41, 5.74) is 5.52. The first-order valence-corrected chi connectivity index (χ1v) is 11.6. The van der Waals surface area contributed by atoms with Crippen LogP contribution in [0.2, 0.25) is 0 Å². The molecule has 3 heterocycles. The quantitative estimate of drug-likeness (QED) is 0.558. The van der Waals surface area contributed by atoms with Crippen LogP contribution in [0.4, 0.5) is 11.5 Å². The number of piperazine rings is 1. The van der Waals surface area contributed by atoms with Crippen LogP contribution in [0.15, 0.2) is 72.6 Å². The van der Waals surface area contributed by atoms with Gasteiger partial charge in [0.25, 0.3) is 11.8 Å². The molecule has 6 heteroatoms. The van der Waals surface area contributed by atoms with E-state index in [0.29, 0.717) is 30.0 Å². The second-order valence-corrected chi connectivity index (χ2v) is 9.04. The number of hydrogen-bond donors (Lipinski definition) is 0. The van der Waals surface area contributed by atoms with Crippen LogP contribution in [0.25, 0.3) is 5.57 Å². The van der Waals surface area contributed by atoms with Crippen molar-refractivity contribution < 1.29 is 9.59 Å². The number of anilines is 2. The minimum absolute atomic E-state index is 0.253. The fourth-order valence-electron chi connectivity index (χ4n) is 4.81. The molecule has 1 aromatic heterocycles. The van der Waals surface area contributed by atoms with Gasteiger partial charge in [0.15, 0.2) is 0 Å². The van der Waals surface area contributed by atoms with Crippen LogP contribution < -0.4 is 9.80 Å². The predicted molar refractivity (Wildman–Crippen MR) is 135 cm³/mol. The van der Waals surface area contributed by atoms with E-state index in [1.165, 1.54) is 4.90 Å². The van der Waals surface area contributed by atoms with Gasteiger partial charge in [-0.1, -0.05) is 42.0 Å². The lowest BCUT2D eigenvalue weighted by molar-refractivity contribution is -0.120. The molecule has 1 fully saturated rings. The zero-order valence-electron chi connectivity index (χ0n) is 19.8. The summed E-state index contributed by atoms with van der Waals surface area (Å²) in [7, 11) is 0. The van der Waals surface area contributed by atoms with Gasteiger partial charge in [-0.2, -0.15) is 0 Å². The zero-order valence-corrected chi connectivity index (χ0v) is 19.8. The standard InChI is InChI=1S/C28H28N4O2/c1-19-7-9-22(10-8-19)25-26(31-14-12-30(13-15-31)24-6-4-5-11-29-24)28(34)32(27(25)33)23-17-20(2)16-21(3)18-23/h4-11,16-18H,12-15H2,1-3H3. The van der Waals surface area contributed by atoms with Gasteiger partial charge in [0.2, 0.25) is 0 Å². The highest BCUT2D eigenvalue weighted by molar-refractivity contribution is 6.45. The molecule has 0 unspecified atom stereocenters. The molecule has 172 valence electrons. The van der Waals surface area contributed by atoms with E-state index in [2.05, 4.69) is 14.8 Å². The lowest BCUT2D eigenvalue weighted by Crippen LogP contribution is -2.48. The number of carbonyl (C=O) groups is 2. The summed E-state index contributed by atoms with van der Waals surface area (Å²) in [4.78, 5) is 37.7. The molecule has 1 saturated heterocycles. The highest BCUT2D eigenvalue weighted by Crippen LogP contribution is 2.36. The Kier molecular flexibility index (Phi) is 5.65. The molecule has 2 amide bonds. The van der Waals surface area contributed by atoms with E-state index in [1.807, 2.05) is 81.4 Å². The van der Waals surface area contributed by atoms with E-state index < -0.39 is 0 Å². The predicted octanol–water partition coefficient (Wildman–Crippen LogP) is 4.11. The molecule has 6 nitrogen and oxygen atoms in total. The average Bonchev–Trinajstić information content (AvgIpc) is 3.09. The van der Waals surface area contributed by atoms with E-state index in [-0.39, 0.29) is 11.8 Å². The van der Waals surface area contributed by atoms with Gasteiger partial charge in [-0.05, 0) is 61.7 Å².